The molecule has 3 aliphatic rings. The van der Waals surface area contributed by atoms with E-state index in [9.17, 15) is 9.59 Å². The smallest absolute Gasteiger partial charge is 0.288 e. The van der Waals surface area contributed by atoms with Crippen molar-refractivity contribution in [2.75, 3.05) is 12.0 Å². The van der Waals surface area contributed by atoms with Crippen LogP contribution in [0.4, 0.5) is 5.69 Å². The third kappa shape index (κ3) is 4.11. The number of fused-ring (bicyclic) bond motifs is 2. The van der Waals surface area contributed by atoms with Gasteiger partial charge in [0.05, 0.1) is 22.9 Å². The van der Waals surface area contributed by atoms with Crippen molar-refractivity contribution in [2.45, 2.75) is 52.7 Å². The number of nitrogens with zero attached hydrogens (tertiary/aromatic N) is 4. The standard InChI is InChI=1S/C22H28Cl2N6O2/c1-12(15-5-6-25-8-17(15)23)27-19(31)11-30-21(32)20(24)18(9-26-30)28-29-10-14-7-16(13(29)2)22(14,3)4/h5-6,8-9,12-14,16,28H,7,10-11H2,1-4H3,(H,27,31)/t12?,13?,14-,16+/m0/s1. The van der Waals surface area contributed by atoms with Crippen LogP contribution in [0.3, 0.4) is 0 Å². The summed E-state index contributed by atoms with van der Waals surface area (Å²) in [5, 5.41) is 9.60. The van der Waals surface area contributed by atoms with Crippen LogP contribution in [0.5, 0.6) is 0 Å². The summed E-state index contributed by atoms with van der Waals surface area (Å²) < 4.78 is 1.06. The first-order valence-electron chi connectivity index (χ1n) is 10.8. The Morgan fingerprint density at radius 3 is 2.75 bits per heavy atom. The molecule has 5 rings (SSSR count). The van der Waals surface area contributed by atoms with Crippen molar-refractivity contribution in [1.82, 2.24) is 25.1 Å². The molecule has 2 aliphatic heterocycles. The summed E-state index contributed by atoms with van der Waals surface area (Å²) in [6, 6.07) is 1.71. The number of amides is 1. The number of halogens is 2. The van der Waals surface area contributed by atoms with Crippen LogP contribution in [-0.4, -0.2) is 38.3 Å². The Morgan fingerprint density at radius 1 is 1.34 bits per heavy atom. The number of anilines is 1. The van der Waals surface area contributed by atoms with E-state index in [0.29, 0.717) is 34.0 Å². The average Bonchev–Trinajstić information content (AvgIpc) is 2.74. The third-order valence-electron chi connectivity index (χ3n) is 7.23. The molecule has 32 heavy (non-hydrogen) atoms. The lowest BCUT2D eigenvalue weighted by Crippen LogP contribution is -2.65. The second kappa shape index (κ2) is 8.65. The highest BCUT2D eigenvalue weighted by molar-refractivity contribution is 6.33. The Hall–Kier alpha value is -2.16. The molecule has 4 atom stereocenters. The molecule has 172 valence electrons. The van der Waals surface area contributed by atoms with Crippen LogP contribution in [0.15, 0.2) is 29.5 Å². The Labute approximate surface area is 197 Å². The minimum absolute atomic E-state index is 0.0173. The lowest BCUT2D eigenvalue weighted by atomic mass is 9.50. The zero-order chi connectivity index (χ0) is 23.2. The van der Waals surface area contributed by atoms with Gasteiger partial charge in [0, 0.05) is 25.0 Å². The minimum Gasteiger partial charge on any atom is -0.348 e. The van der Waals surface area contributed by atoms with Crippen LogP contribution in [0.1, 0.15) is 45.7 Å². The maximum atomic E-state index is 12.7. The Kier molecular flexibility index (Phi) is 6.22. The molecule has 10 heteroatoms. The Balaban J connectivity index is 1.41. The first-order valence-corrected chi connectivity index (χ1v) is 11.5. The van der Waals surface area contributed by atoms with Crippen molar-refractivity contribution in [3.05, 3.63) is 50.6 Å². The van der Waals surface area contributed by atoms with Crippen LogP contribution in [-0.2, 0) is 11.3 Å². The molecular weight excluding hydrogens is 451 g/mol. The summed E-state index contributed by atoms with van der Waals surface area (Å²) in [6.07, 6.45) is 5.86. The van der Waals surface area contributed by atoms with Crippen molar-refractivity contribution < 1.29 is 4.79 Å². The van der Waals surface area contributed by atoms with E-state index in [1.807, 2.05) is 0 Å². The molecule has 1 amide bonds. The van der Waals surface area contributed by atoms with E-state index in [4.69, 9.17) is 23.2 Å². The van der Waals surface area contributed by atoms with Crippen molar-refractivity contribution in [2.24, 2.45) is 17.3 Å². The largest absolute Gasteiger partial charge is 0.348 e. The number of piperidine rings is 2. The van der Waals surface area contributed by atoms with E-state index in [1.54, 1.807) is 19.2 Å². The summed E-state index contributed by atoms with van der Waals surface area (Å²) in [5.74, 6) is 0.840. The molecule has 8 nitrogen and oxygen atoms in total. The highest BCUT2D eigenvalue weighted by Crippen LogP contribution is 2.57. The molecule has 2 aromatic heterocycles. The number of hydrazine groups is 1. The Bertz CT molecular complexity index is 1090. The van der Waals surface area contributed by atoms with Gasteiger partial charge in [-0.1, -0.05) is 37.0 Å². The fourth-order valence-electron chi connectivity index (χ4n) is 5.00. The highest BCUT2D eigenvalue weighted by atomic mass is 35.5. The summed E-state index contributed by atoms with van der Waals surface area (Å²) >= 11 is 12.5. The summed E-state index contributed by atoms with van der Waals surface area (Å²) in [4.78, 5) is 29.2. The van der Waals surface area contributed by atoms with Gasteiger partial charge in [0.15, 0.2) is 0 Å². The number of hydrogen-bond acceptors (Lipinski definition) is 6. The van der Waals surface area contributed by atoms with Gasteiger partial charge < -0.3 is 10.7 Å². The van der Waals surface area contributed by atoms with Gasteiger partial charge in [0.2, 0.25) is 5.91 Å². The van der Waals surface area contributed by atoms with Gasteiger partial charge in [-0.2, -0.15) is 5.10 Å². The van der Waals surface area contributed by atoms with Gasteiger partial charge in [-0.25, -0.2) is 9.69 Å². The Morgan fingerprint density at radius 2 is 2.09 bits per heavy atom. The molecule has 2 unspecified atom stereocenters. The quantitative estimate of drug-likeness (QED) is 0.659. The van der Waals surface area contributed by atoms with Crippen molar-refractivity contribution in [3.63, 3.8) is 0 Å². The molecular formula is C22H28Cl2N6O2. The first kappa shape index (κ1) is 23.0. The predicted octanol–water partition coefficient (Wildman–Crippen LogP) is 3.52. The van der Waals surface area contributed by atoms with Crippen molar-refractivity contribution in [1.29, 1.82) is 0 Å². The minimum atomic E-state index is -0.517. The third-order valence-corrected chi connectivity index (χ3v) is 7.91. The van der Waals surface area contributed by atoms with Gasteiger partial charge in [0.25, 0.3) is 5.56 Å². The molecule has 0 spiro atoms. The topological polar surface area (TPSA) is 92.2 Å². The molecule has 0 radical (unpaired) electrons. The lowest BCUT2D eigenvalue weighted by Gasteiger charge is -2.62. The molecule has 2 bridgehead atoms. The van der Waals surface area contributed by atoms with Crippen LogP contribution in [0.25, 0.3) is 0 Å². The van der Waals surface area contributed by atoms with Gasteiger partial charge in [0.1, 0.15) is 11.6 Å². The van der Waals surface area contributed by atoms with Crippen molar-refractivity contribution >= 4 is 34.8 Å². The van der Waals surface area contributed by atoms with E-state index in [-0.39, 0.29) is 23.5 Å². The molecule has 2 saturated heterocycles. The molecule has 2 aromatic rings. The van der Waals surface area contributed by atoms with Crippen LogP contribution >= 0.6 is 23.2 Å². The number of pyridine rings is 1. The SMILES string of the molecule is CC(NC(=O)Cn1ncc(NN2C[C@@H]3C[C@H](C2C)C3(C)C)c(Cl)c1=O)c1ccncc1Cl. The predicted molar refractivity (Wildman–Crippen MR) is 124 cm³/mol. The highest BCUT2D eigenvalue weighted by Gasteiger charge is 2.56. The fourth-order valence-corrected chi connectivity index (χ4v) is 5.47. The lowest BCUT2D eigenvalue weighted by molar-refractivity contribution is -0.130. The maximum absolute atomic E-state index is 12.7. The summed E-state index contributed by atoms with van der Waals surface area (Å²) in [5.41, 5.74) is 4.30. The van der Waals surface area contributed by atoms with Gasteiger partial charge in [-0.15, -0.1) is 0 Å². The number of carbonyl (C=O) groups is 1. The molecule has 4 heterocycles. The van der Waals surface area contributed by atoms with Gasteiger partial charge in [-0.3, -0.25) is 14.6 Å². The maximum Gasteiger partial charge on any atom is 0.288 e. The van der Waals surface area contributed by atoms with Gasteiger partial charge in [-0.05, 0) is 49.1 Å². The second-order valence-corrected chi connectivity index (χ2v) is 10.2. The fraction of sp³-hybridized carbons (Fsp3) is 0.545. The zero-order valence-corrected chi connectivity index (χ0v) is 20.1. The van der Waals surface area contributed by atoms with Gasteiger partial charge >= 0.3 is 0 Å². The molecule has 1 aliphatic carbocycles. The number of rotatable bonds is 6. The molecule has 1 saturated carbocycles. The van der Waals surface area contributed by atoms with Crippen LogP contribution in [0, 0.1) is 17.3 Å². The van der Waals surface area contributed by atoms with E-state index in [2.05, 4.69) is 46.6 Å². The monoisotopic (exact) mass is 478 g/mol. The molecule has 3 fully saturated rings. The van der Waals surface area contributed by atoms with E-state index in [1.165, 1.54) is 18.8 Å². The average molecular weight is 479 g/mol. The van der Waals surface area contributed by atoms with Crippen LogP contribution in [0.2, 0.25) is 10.0 Å². The van der Waals surface area contributed by atoms with E-state index >= 15 is 0 Å². The summed E-state index contributed by atoms with van der Waals surface area (Å²) in [6.45, 7) is 9.29. The zero-order valence-electron chi connectivity index (χ0n) is 18.6. The number of hydrogen-bond donors (Lipinski definition) is 2. The number of carbonyl (C=O) groups excluding carboxylic acids is 1. The van der Waals surface area contributed by atoms with Crippen LogP contribution < -0.4 is 16.3 Å². The second-order valence-electron chi connectivity index (χ2n) is 9.39. The number of nitrogens with one attached hydrogen (secondary N) is 2. The number of aromatic nitrogens is 3. The molecule has 0 aromatic carbocycles. The first-order chi connectivity index (χ1) is 15.1. The molecule has 2 N–H and O–H groups in total. The van der Waals surface area contributed by atoms with E-state index in [0.717, 1.165) is 16.8 Å². The van der Waals surface area contributed by atoms with E-state index < -0.39 is 5.56 Å². The summed E-state index contributed by atoms with van der Waals surface area (Å²) in [7, 11) is 0. The normalized spacial score (nSPS) is 25.0. The van der Waals surface area contributed by atoms with Crippen molar-refractivity contribution in [3.8, 4) is 0 Å².